The standard InChI is InChI=1S/C20H18N2O2/c23-19(24)20(16-9-3-1-4-10-16,17-11-5-2-6-12-17)22-15-18-13-7-8-14-21-18/h1-14,22H,15H2,(H,23,24). The maximum Gasteiger partial charge on any atom is 0.333 e. The first-order valence-electron chi connectivity index (χ1n) is 7.73. The highest BCUT2D eigenvalue weighted by molar-refractivity contribution is 5.85. The second-order valence-corrected chi connectivity index (χ2v) is 5.46. The lowest BCUT2D eigenvalue weighted by Gasteiger charge is -2.32. The molecule has 0 atom stereocenters. The molecule has 0 aliphatic heterocycles. The fraction of sp³-hybridized carbons (Fsp3) is 0.100. The normalized spacial score (nSPS) is 11.2. The molecule has 4 heteroatoms. The van der Waals surface area contributed by atoms with Gasteiger partial charge >= 0.3 is 5.97 Å². The van der Waals surface area contributed by atoms with Crippen molar-refractivity contribution in [2.75, 3.05) is 0 Å². The highest BCUT2D eigenvalue weighted by Crippen LogP contribution is 2.30. The summed E-state index contributed by atoms with van der Waals surface area (Å²) in [6, 6.07) is 24.0. The number of rotatable bonds is 6. The van der Waals surface area contributed by atoms with Gasteiger partial charge in [-0.1, -0.05) is 66.7 Å². The molecule has 0 spiro atoms. The molecule has 0 amide bonds. The predicted molar refractivity (Wildman–Crippen MR) is 92.4 cm³/mol. The fourth-order valence-electron chi connectivity index (χ4n) is 2.80. The fourth-order valence-corrected chi connectivity index (χ4v) is 2.80. The lowest BCUT2D eigenvalue weighted by atomic mass is 9.82. The Bertz CT molecular complexity index is 750. The molecule has 0 radical (unpaired) electrons. The Hall–Kier alpha value is -2.98. The number of aliphatic carboxylic acids is 1. The molecule has 24 heavy (non-hydrogen) atoms. The third kappa shape index (κ3) is 3.05. The van der Waals surface area contributed by atoms with Crippen LogP contribution in [0.4, 0.5) is 0 Å². The molecule has 0 unspecified atom stereocenters. The molecule has 1 heterocycles. The quantitative estimate of drug-likeness (QED) is 0.732. The van der Waals surface area contributed by atoms with E-state index in [9.17, 15) is 9.90 Å². The van der Waals surface area contributed by atoms with E-state index in [-0.39, 0.29) is 0 Å². The first-order chi connectivity index (χ1) is 11.7. The molecule has 0 aliphatic rings. The van der Waals surface area contributed by atoms with Crippen molar-refractivity contribution in [3.05, 3.63) is 102 Å². The molecule has 3 rings (SSSR count). The van der Waals surface area contributed by atoms with Crippen LogP contribution in [0, 0.1) is 0 Å². The number of carboxylic acid groups (broad SMARTS) is 1. The molecule has 0 saturated carbocycles. The van der Waals surface area contributed by atoms with Crippen molar-refractivity contribution in [1.29, 1.82) is 0 Å². The van der Waals surface area contributed by atoms with Gasteiger partial charge in [-0.15, -0.1) is 0 Å². The van der Waals surface area contributed by atoms with Crippen LogP contribution < -0.4 is 5.32 Å². The van der Waals surface area contributed by atoms with Crippen LogP contribution in [0.25, 0.3) is 0 Å². The molecule has 2 aromatic carbocycles. The second-order valence-electron chi connectivity index (χ2n) is 5.46. The number of aromatic nitrogens is 1. The van der Waals surface area contributed by atoms with E-state index in [1.165, 1.54) is 0 Å². The minimum Gasteiger partial charge on any atom is -0.479 e. The number of nitrogens with zero attached hydrogens (tertiary/aromatic N) is 1. The zero-order valence-electron chi connectivity index (χ0n) is 13.1. The van der Waals surface area contributed by atoms with E-state index in [1.54, 1.807) is 6.20 Å². The third-order valence-electron chi connectivity index (χ3n) is 4.00. The number of benzene rings is 2. The van der Waals surface area contributed by atoms with Gasteiger partial charge in [-0.05, 0) is 23.3 Å². The summed E-state index contributed by atoms with van der Waals surface area (Å²) in [5.74, 6) is -0.948. The van der Waals surface area contributed by atoms with Crippen LogP contribution in [0.5, 0.6) is 0 Å². The Morgan fingerprint density at radius 1 is 0.875 bits per heavy atom. The molecule has 0 aliphatic carbocycles. The lowest BCUT2D eigenvalue weighted by Crippen LogP contribution is -2.50. The average Bonchev–Trinajstić information content (AvgIpc) is 2.65. The number of hydrogen-bond donors (Lipinski definition) is 2. The SMILES string of the molecule is O=C(O)C(NCc1ccccn1)(c1ccccc1)c1ccccc1. The lowest BCUT2D eigenvalue weighted by molar-refractivity contribution is -0.143. The van der Waals surface area contributed by atoms with Gasteiger partial charge in [-0.3, -0.25) is 10.3 Å². The van der Waals surface area contributed by atoms with Gasteiger partial charge in [-0.2, -0.15) is 0 Å². The average molecular weight is 318 g/mol. The van der Waals surface area contributed by atoms with Crippen molar-refractivity contribution in [2.24, 2.45) is 0 Å². The summed E-state index contributed by atoms with van der Waals surface area (Å²) in [6.45, 7) is 0.344. The van der Waals surface area contributed by atoms with Gasteiger partial charge in [0.15, 0.2) is 5.54 Å². The monoisotopic (exact) mass is 318 g/mol. The molecule has 3 aromatic rings. The van der Waals surface area contributed by atoms with Crippen LogP contribution in [0.3, 0.4) is 0 Å². The maximum absolute atomic E-state index is 12.4. The molecule has 4 nitrogen and oxygen atoms in total. The summed E-state index contributed by atoms with van der Waals surface area (Å²) < 4.78 is 0. The van der Waals surface area contributed by atoms with Crippen LogP contribution in [-0.4, -0.2) is 16.1 Å². The minimum absolute atomic E-state index is 0.344. The van der Waals surface area contributed by atoms with Crippen LogP contribution >= 0.6 is 0 Å². The van der Waals surface area contributed by atoms with Crippen molar-refractivity contribution in [2.45, 2.75) is 12.1 Å². The molecule has 120 valence electrons. The summed E-state index contributed by atoms with van der Waals surface area (Å²) in [7, 11) is 0. The van der Waals surface area contributed by atoms with E-state index in [1.807, 2.05) is 78.9 Å². The zero-order chi connectivity index (χ0) is 16.8. The summed E-state index contributed by atoms with van der Waals surface area (Å²) in [4.78, 5) is 16.6. The Morgan fingerprint density at radius 3 is 1.88 bits per heavy atom. The van der Waals surface area contributed by atoms with E-state index in [4.69, 9.17) is 0 Å². The summed E-state index contributed by atoms with van der Waals surface area (Å²) in [6.07, 6.45) is 1.70. The van der Waals surface area contributed by atoms with E-state index < -0.39 is 11.5 Å². The van der Waals surface area contributed by atoms with Gasteiger partial charge in [0.1, 0.15) is 0 Å². The van der Waals surface area contributed by atoms with Crippen molar-refractivity contribution >= 4 is 5.97 Å². The van der Waals surface area contributed by atoms with Gasteiger partial charge in [0.05, 0.1) is 5.69 Å². The number of hydrogen-bond acceptors (Lipinski definition) is 3. The van der Waals surface area contributed by atoms with Crippen molar-refractivity contribution in [1.82, 2.24) is 10.3 Å². The molecule has 2 N–H and O–H groups in total. The van der Waals surface area contributed by atoms with Crippen molar-refractivity contribution in [3.63, 3.8) is 0 Å². The first-order valence-corrected chi connectivity index (χ1v) is 7.73. The van der Waals surface area contributed by atoms with Crippen molar-refractivity contribution < 1.29 is 9.90 Å². The van der Waals surface area contributed by atoms with Crippen molar-refractivity contribution in [3.8, 4) is 0 Å². The van der Waals surface area contributed by atoms with Crippen LogP contribution in [-0.2, 0) is 16.9 Å². The van der Waals surface area contributed by atoms with Crippen LogP contribution in [0.1, 0.15) is 16.8 Å². The summed E-state index contributed by atoms with van der Waals surface area (Å²) >= 11 is 0. The summed E-state index contributed by atoms with van der Waals surface area (Å²) in [5, 5.41) is 13.3. The van der Waals surface area contributed by atoms with Crippen LogP contribution in [0.2, 0.25) is 0 Å². The largest absolute Gasteiger partial charge is 0.479 e. The number of pyridine rings is 1. The predicted octanol–water partition coefficient (Wildman–Crippen LogP) is 3.20. The molecule has 0 saturated heterocycles. The molecule has 0 bridgehead atoms. The first kappa shape index (κ1) is 15.9. The third-order valence-corrected chi connectivity index (χ3v) is 4.00. The van der Waals surface area contributed by atoms with Gasteiger partial charge in [0.25, 0.3) is 0 Å². The Morgan fingerprint density at radius 2 is 1.42 bits per heavy atom. The minimum atomic E-state index is -1.33. The second kappa shape index (κ2) is 7.06. The maximum atomic E-state index is 12.4. The van der Waals surface area contributed by atoms with Gasteiger partial charge in [0, 0.05) is 12.7 Å². The molecule has 1 aromatic heterocycles. The smallest absolute Gasteiger partial charge is 0.333 e. The number of carbonyl (C=O) groups is 1. The highest BCUT2D eigenvalue weighted by atomic mass is 16.4. The van der Waals surface area contributed by atoms with Gasteiger partial charge in [-0.25, -0.2) is 4.79 Å². The Labute approximate surface area is 140 Å². The zero-order valence-corrected chi connectivity index (χ0v) is 13.1. The number of nitrogens with one attached hydrogen (secondary N) is 1. The molecular formula is C20H18N2O2. The Balaban J connectivity index is 2.07. The topological polar surface area (TPSA) is 62.2 Å². The molecular weight excluding hydrogens is 300 g/mol. The van der Waals surface area contributed by atoms with Crippen LogP contribution in [0.15, 0.2) is 85.1 Å². The molecule has 0 fully saturated rings. The number of carboxylic acids is 1. The Kier molecular flexibility index (Phi) is 4.68. The highest BCUT2D eigenvalue weighted by Gasteiger charge is 2.41. The van der Waals surface area contributed by atoms with Gasteiger partial charge < -0.3 is 5.11 Å². The summed E-state index contributed by atoms with van der Waals surface area (Å²) in [5.41, 5.74) is 0.814. The van der Waals surface area contributed by atoms with E-state index in [0.717, 1.165) is 5.69 Å². The van der Waals surface area contributed by atoms with E-state index >= 15 is 0 Å². The van der Waals surface area contributed by atoms with E-state index in [0.29, 0.717) is 17.7 Å². The van der Waals surface area contributed by atoms with E-state index in [2.05, 4.69) is 10.3 Å². The van der Waals surface area contributed by atoms with Gasteiger partial charge in [0.2, 0.25) is 0 Å².